The molecule has 2 aromatic rings. The number of carbonyl (C=O) groups excluding carboxylic acids is 1. The van der Waals surface area contributed by atoms with E-state index in [0.717, 1.165) is 16.1 Å². The maximum absolute atomic E-state index is 11.2. The zero-order chi connectivity index (χ0) is 15.2. The Kier molecular flexibility index (Phi) is 5.71. The van der Waals surface area contributed by atoms with E-state index < -0.39 is 0 Å². The predicted molar refractivity (Wildman–Crippen MR) is 89.8 cm³/mol. The number of ether oxygens (including phenoxy) is 1. The van der Waals surface area contributed by atoms with Crippen LogP contribution in [0.2, 0.25) is 5.02 Å². The van der Waals surface area contributed by atoms with Gasteiger partial charge in [0.1, 0.15) is 0 Å². The molecule has 0 aliphatic heterocycles. The lowest BCUT2D eigenvalue weighted by Gasteiger charge is -2.11. The maximum Gasteiger partial charge on any atom is 0.315 e. The average Bonchev–Trinajstić information content (AvgIpc) is 2.53. The van der Waals surface area contributed by atoms with Crippen LogP contribution in [0.4, 0.5) is 0 Å². The number of methoxy groups -OCH3 is 1. The van der Waals surface area contributed by atoms with E-state index in [9.17, 15) is 4.79 Å². The predicted octanol–water partition coefficient (Wildman–Crippen LogP) is 4.97. The van der Waals surface area contributed by atoms with Crippen molar-refractivity contribution >= 4 is 29.3 Å². The fourth-order valence-electron chi connectivity index (χ4n) is 1.94. The third-order valence-corrected chi connectivity index (χ3v) is 4.66. The number of hydrogen-bond acceptors (Lipinski definition) is 3. The third kappa shape index (κ3) is 4.51. The molecule has 1 unspecified atom stereocenters. The standard InChI is InChI=1S/C17H17ClO2S/c1-12(21-11-17(19)20-2)13-3-5-14(6-4-13)15-7-9-16(18)10-8-15/h3-10,12H,11H2,1-2H3. The second-order valence-electron chi connectivity index (χ2n) is 4.66. The van der Waals surface area contributed by atoms with Gasteiger partial charge in [-0.2, -0.15) is 0 Å². The first-order valence-electron chi connectivity index (χ1n) is 6.64. The zero-order valence-electron chi connectivity index (χ0n) is 12.0. The minimum atomic E-state index is -0.190. The second-order valence-corrected chi connectivity index (χ2v) is 6.42. The van der Waals surface area contributed by atoms with E-state index in [1.807, 2.05) is 24.3 Å². The highest BCUT2D eigenvalue weighted by atomic mass is 35.5. The fraction of sp³-hybridized carbons (Fsp3) is 0.235. The van der Waals surface area contributed by atoms with Crippen molar-refractivity contribution in [2.75, 3.05) is 12.9 Å². The number of esters is 1. The fourth-order valence-corrected chi connectivity index (χ4v) is 2.92. The van der Waals surface area contributed by atoms with Gasteiger partial charge < -0.3 is 4.74 Å². The molecule has 0 aromatic heterocycles. The van der Waals surface area contributed by atoms with Gasteiger partial charge in [0.2, 0.25) is 0 Å². The van der Waals surface area contributed by atoms with E-state index in [1.165, 1.54) is 12.7 Å². The monoisotopic (exact) mass is 320 g/mol. The minimum absolute atomic E-state index is 0.190. The smallest absolute Gasteiger partial charge is 0.315 e. The van der Waals surface area contributed by atoms with Crippen LogP contribution >= 0.6 is 23.4 Å². The van der Waals surface area contributed by atoms with Gasteiger partial charge in [-0.05, 0) is 35.7 Å². The van der Waals surface area contributed by atoms with Crippen molar-refractivity contribution in [3.8, 4) is 11.1 Å². The summed E-state index contributed by atoms with van der Waals surface area (Å²) >= 11 is 7.47. The molecule has 0 saturated carbocycles. The Morgan fingerprint density at radius 2 is 1.62 bits per heavy atom. The van der Waals surface area contributed by atoms with E-state index in [4.69, 9.17) is 11.6 Å². The van der Waals surface area contributed by atoms with Crippen molar-refractivity contribution in [1.82, 2.24) is 0 Å². The third-order valence-electron chi connectivity index (χ3n) is 3.24. The molecule has 2 nitrogen and oxygen atoms in total. The lowest BCUT2D eigenvalue weighted by molar-refractivity contribution is -0.137. The molecule has 0 fully saturated rings. The Morgan fingerprint density at radius 3 is 2.14 bits per heavy atom. The Balaban J connectivity index is 2.04. The maximum atomic E-state index is 11.2. The van der Waals surface area contributed by atoms with Crippen molar-refractivity contribution in [3.63, 3.8) is 0 Å². The topological polar surface area (TPSA) is 26.3 Å². The molecule has 0 radical (unpaired) electrons. The van der Waals surface area contributed by atoms with Crippen LogP contribution in [0.5, 0.6) is 0 Å². The Hall–Kier alpha value is -1.45. The normalized spacial score (nSPS) is 12.0. The van der Waals surface area contributed by atoms with Crippen molar-refractivity contribution in [2.45, 2.75) is 12.2 Å². The number of benzene rings is 2. The molecule has 0 bridgehead atoms. The number of thioether (sulfide) groups is 1. The molecule has 110 valence electrons. The number of halogens is 1. The molecule has 0 heterocycles. The highest BCUT2D eigenvalue weighted by molar-refractivity contribution is 8.00. The van der Waals surface area contributed by atoms with E-state index in [-0.39, 0.29) is 11.2 Å². The molecule has 4 heteroatoms. The van der Waals surface area contributed by atoms with Gasteiger partial charge >= 0.3 is 5.97 Å². The Morgan fingerprint density at radius 1 is 1.10 bits per heavy atom. The molecular weight excluding hydrogens is 304 g/mol. The summed E-state index contributed by atoms with van der Waals surface area (Å²) in [7, 11) is 1.41. The zero-order valence-corrected chi connectivity index (χ0v) is 13.6. The van der Waals surface area contributed by atoms with Gasteiger partial charge in [-0.15, -0.1) is 11.8 Å². The molecule has 0 spiro atoms. The van der Waals surface area contributed by atoms with Crippen molar-refractivity contribution in [1.29, 1.82) is 0 Å². The molecule has 2 aromatic carbocycles. The second kappa shape index (κ2) is 7.53. The van der Waals surface area contributed by atoms with Gasteiger partial charge in [-0.25, -0.2) is 0 Å². The van der Waals surface area contributed by atoms with Crippen molar-refractivity contribution in [3.05, 3.63) is 59.1 Å². The molecule has 1 atom stereocenters. The van der Waals surface area contributed by atoms with E-state index in [1.54, 1.807) is 11.8 Å². The van der Waals surface area contributed by atoms with Crippen LogP contribution in [-0.4, -0.2) is 18.8 Å². The van der Waals surface area contributed by atoms with E-state index >= 15 is 0 Å². The molecule has 0 aliphatic rings. The molecule has 2 rings (SSSR count). The molecule has 0 aliphatic carbocycles. The van der Waals surface area contributed by atoms with Crippen LogP contribution in [-0.2, 0) is 9.53 Å². The quantitative estimate of drug-likeness (QED) is 0.727. The summed E-state index contributed by atoms with van der Waals surface area (Å²) in [5, 5.41) is 0.992. The van der Waals surface area contributed by atoms with Crippen LogP contribution in [0, 0.1) is 0 Å². The van der Waals surface area contributed by atoms with E-state index in [0.29, 0.717) is 5.75 Å². The first-order valence-corrected chi connectivity index (χ1v) is 8.07. The van der Waals surface area contributed by atoms with Crippen LogP contribution in [0.25, 0.3) is 11.1 Å². The molecule has 0 saturated heterocycles. The van der Waals surface area contributed by atoms with Gasteiger partial charge in [0, 0.05) is 10.3 Å². The summed E-state index contributed by atoms with van der Waals surface area (Å²) in [5.41, 5.74) is 3.49. The lowest BCUT2D eigenvalue weighted by Crippen LogP contribution is -2.04. The van der Waals surface area contributed by atoms with Gasteiger partial charge in [0.15, 0.2) is 0 Å². The number of carbonyl (C=O) groups is 1. The van der Waals surface area contributed by atoms with Gasteiger partial charge in [-0.1, -0.05) is 48.0 Å². The van der Waals surface area contributed by atoms with Crippen LogP contribution in [0.3, 0.4) is 0 Å². The highest BCUT2D eigenvalue weighted by Gasteiger charge is 2.09. The van der Waals surface area contributed by atoms with Crippen LogP contribution in [0.15, 0.2) is 48.5 Å². The number of hydrogen-bond donors (Lipinski definition) is 0. The molecular formula is C17H17ClO2S. The highest BCUT2D eigenvalue weighted by Crippen LogP contribution is 2.30. The Labute approximate surface area is 134 Å². The summed E-state index contributed by atoms with van der Waals surface area (Å²) in [5.74, 6) is 0.181. The van der Waals surface area contributed by atoms with Crippen molar-refractivity contribution in [2.24, 2.45) is 0 Å². The van der Waals surface area contributed by atoms with Gasteiger partial charge in [0.05, 0.1) is 12.9 Å². The van der Waals surface area contributed by atoms with Gasteiger partial charge in [-0.3, -0.25) is 4.79 Å². The summed E-state index contributed by atoms with van der Waals surface area (Å²) in [6.07, 6.45) is 0. The van der Waals surface area contributed by atoms with Crippen molar-refractivity contribution < 1.29 is 9.53 Å². The summed E-state index contributed by atoms with van der Waals surface area (Å²) in [6.45, 7) is 2.09. The first kappa shape index (κ1) is 15.9. The summed E-state index contributed by atoms with van der Waals surface area (Å²) < 4.78 is 4.65. The van der Waals surface area contributed by atoms with Crippen LogP contribution in [0.1, 0.15) is 17.7 Å². The summed E-state index contributed by atoms with van der Waals surface area (Å²) in [6, 6.07) is 16.2. The van der Waals surface area contributed by atoms with E-state index in [2.05, 4.69) is 35.9 Å². The molecule has 0 N–H and O–H groups in total. The number of rotatable bonds is 5. The SMILES string of the molecule is COC(=O)CSC(C)c1ccc(-c2ccc(Cl)cc2)cc1. The average molecular weight is 321 g/mol. The molecule has 21 heavy (non-hydrogen) atoms. The largest absolute Gasteiger partial charge is 0.468 e. The van der Waals surface area contributed by atoms with Gasteiger partial charge in [0.25, 0.3) is 0 Å². The first-order chi connectivity index (χ1) is 10.1. The molecule has 0 amide bonds. The van der Waals surface area contributed by atoms with Crippen LogP contribution < -0.4 is 0 Å². The summed E-state index contributed by atoms with van der Waals surface area (Å²) in [4.78, 5) is 11.2. The minimum Gasteiger partial charge on any atom is -0.468 e. The Bertz CT molecular complexity index is 593. The lowest BCUT2D eigenvalue weighted by atomic mass is 10.0.